The van der Waals surface area contributed by atoms with E-state index in [1.54, 1.807) is 0 Å². The molecule has 0 atom stereocenters. The minimum atomic E-state index is 0.590. The fourth-order valence-electron chi connectivity index (χ4n) is 3.25. The Bertz CT molecular complexity index is 869. The number of halogens is 2. The zero-order valence-electron chi connectivity index (χ0n) is 13.2. The third-order valence-electron chi connectivity index (χ3n) is 4.46. The van der Waals surface area contributed by atoms with Crippen LogP contribution in [0.5, 0.6) is 0 Å². The second kappa shape index (κ2) is 6.67. The summed E-state index contributed by atoms with van der Waals surface area (Å²) in [5.41, 5.74) is 3.64. The highest BCUT2D eigenvalue weighted by atomic mass is 35.5. The Kier molecular flexibility index (Phi) is 4.40. The molecule has 124 valence electrons. The average molecular weight is 361 g/mol. The molecule has 1 fully saturated rings. The lowest BCUT2D eigenvalue weighted by Gasteiger charge is -2.28. The summed E-state index contributed by atoms with van der Waals surface area (Å²) in [5.74, 6) is 0. The number of hydrogen-bond donors (Lipinski definition) is 0. The van der Waals surface area contributed by atoms with Crippen LogP contribution >= 0.6 is 23.2 Å². The van der Waals surface area contributed by atoms with Gasteiger partial charge < -0.3 is 14.2 Å². The van der Waals surface area contributed by atoms with Gasteiger partial charge in [0.25, 0.3) is 0 Å². The first-order valence-corrected chi connectivity index (χ1v) is 8.82. The van der Waals surface area contributed by atoms with Gasteiger partial charge in [-0.05, 0) is 23.8 Å². The van der Waals surface area contributed by atoms with E-state index < -0.39 is 0 Å². The molecular weight excluding hydrogens is 343 g/mol. The summed E-state index contributed by atoms with van der Waals surface area (Å²) in [5, 5.41) is 2.46. The number of rotatable bonds is 3. The Morgan fingerprint density at radius 3 is 2.54 bits per heavy atom. The van der Waals surface area contributed by atoms with Crippen LogP contribution < -0.4 is 4.90 Å². The van der Waals surface area contributed by atoms with Gasteiger partial charge in [0.2, 0.25) is 0 Å². The normalized spacial score (nSPS) is 15.2. The van der Waals surface area contributed by atoms with E-state index in [-0.39, 0.29) is 0 Å². The van der Waals surface area contributed by atoms with Gasteiger partial charge in [0.15, 0.2) is 0 Å². The van der Waals surface area contributed by atoms with Gasteiger partial charge >= 0.3 is 0 Å². The van der Waals surface area contributed by atoms with Gasteiger partial charge in [-0.15, -0.1) is 0 Å². The molecule has 0 saturated carbocycles. The summed E-state index contributed by atoms with van der Waals surface area (Å²) in [6, 6.07) is 14.3. The van der Waals surface area contributed by atoms with E-state index in [2.05, 4.69) is 39.9 Å². The molecule has 24 heavy (non-hydrogen) atoms. The largest absolute Gasteiger partial charge is 0.378 e. The second-order valence-corrected chi connectivity index (χ2v) is 6.82. The van der Waals surface area contributed by atoms with Crippen molar-refractivity contribution in [1.82, 2.24) is 4.57 Å². The Hall–Kier alpha value is -1.68. The molecule has 0 aliphatic carbocycles. The van der Waals surface area contributed by atoms with Crippen LogP contribution in [0.4, 0.5) is 5.69 Å². The third-order valence-corrected chi connectivity index (χ3v) is 5.20. The van der Waals surface area contributed by atoms with Crippen molar-refractivity contribution in [2.24, 2.45) is 0 Å². The number of para-hydroxylation sites is 1. The molecular formula is C19H18Cl2N2O. The monoisotopic (exact) mass is 360 g/mol. The van der Waals surface area contributed by atoms with Crippen molar-refractivity contribution in [2.45, 2.75) is 6.54 Å². The van der Waals surface area contributed by atoms with Gasteiger partial charge in [0.1, 0.15) is 0 Å². The van der Waals surface area contributed by atoms with Crippen LogP contribution in [0, 0.1) is 0 Å². The fraction of sp³-hybridized carbons (Fsp3) is 0.263. The SMILES string of the molecule is Clc1ccc(Cn2cc(N3CCOCC3)c3ccccc32)cc1Cl. The Labute approximate surface area is 151 Å². The van der Waals surface area contributed by atoms with Crippen LogP contribution in [0.25, 0.3) is 10.9 Å². The summed E-state index contributed by atoms with van der Waals surface area (Å²) >= 11 is 12.2. The van der Waals surface area contributed by atoms with Crippen LogP contribution in [0.2, 0.25) is 10.0 Å². The van der Waals surface area contributed by atoms with E-state index >= 15 is 0 Å². The van der Waals surface area contributed by atoms with E-state index in [4.69, 9.17) is 27.9 Å². The lowest BCUT2D eigenvalue weighted by atomic mass is 10.2. The first-order chi connectivity index (χ1) is 11.7. The highest BCUT2D eigenvalue weighted by Crippen LogP contribution is 2.31. The summed E-state index contributed by atoms with van der Waals surface area (Å²) in [6.45, 7) is 4.20. The second-order valence-electron chi connectivity index (χ2n) is 6.01. The van der Waals surface area contributed by atoms with Crippen molar-refractivity contribution in [3.05, 3.63) is 64.3 Å². The van der Waals surface area contributed by atoms with Gasteiger partial charge in [-0.1, -0.05) is 47.5 Å². The molecule has 1 aromatic heterocycles. The van der Waals surface area contributed by atoms with E-state index in [9.17, 15) is 0 Å². The maximum atomic E-state index is 6.16. The maximum absolute atomic E-state index is 6.16. The topological polar surface area (TPSA) is 17.4 Å². The number of ether oxygens (including phenoxy) is 1. The third kappa shape index (κ3) is 3.00. The Morgan fingerprint density at radius 2 is 1.75 bits per heavy atom. The predicted octanol–water partition coefficient (Wildman–Crippen LogP) is 4.83. The van der Waals surface area contributed by atoms with Crippen molar-refractivity contribution in [2.75, 3.05) is 31.2 Å². The van der Waals surface area contributed by atoms with Crippen LogP contribution in [0.1, 0.15) is 5.56 Å². The smallest absolute Gasteiger partial charge is 0.0642 e. The van der Waals surface area contributed by atoms with Crippen molar-refractivity contribution in [3.63, 3.8) is 0 Å². The molecule has 0 amide bonds. The average Bonchev–Trinajstić information content (AvgIpc) is 2.98. The highest BCUT2D eigenvalue weighted by Gasteiger charge is 2.17. The Balaban J connectivity index is 1.73. The summed E-state index contributed by atoms with van der Waals surface area (Å²) in [4.78, 5) is 2.40. The zero-order valence-corrected chi connectivity index (χ0v) is 14.7. The van der Waals surface area contributed by atoms with E-state index in [0.717, 1.165) is 38.4 Å². The Morgan fingerprint density at radius 1 is 0.958 bits per heavy atom. The fourth-order valence-corrected chi connectivity index (χ4v) is 3.57. The molecule has 0 radical (unpaired) electrons. The number of hydrogen-bond acceptors (Lipinski definition) is 2. The summed E-state index contributed by atoms with van der Waals surface area (Å²) < 4.78 is 7.76. The molecule has 2 heterocycles. The maximum Gasteiger partial charge on any atom is 0.0642 e. The standard InChI is InChI=1S/C19H18Cl2N2O/c20-16-6-5-14(11-17(16)21)12-23-13-19(22-7-9-24-10-8-22)15-3-1-2-4-18(15)23/h1-6,11,13H,7-10,12H2. The van der Waals surface area contributed by atoms with Gasteiger partial charge in [-0.25, -0.2) is 0 Å². The van der Waals surface area contributed by atoms with Gasteiger partial charge in [0.05, 0.1) is 34.5 Å². The molecule has 5 heteroatoms. The zero-order chi connectivity index (χ0) is 16.5. The van der Waals surface area contributed by atoms with Crippen LogP contribution in [-0.2, 0) is 11.3 Å². The minimum Gasteiger partial charge on any atom is -0.378 e. The molecule has 3 nitrogen and oxygen atoms in total. The minimum absolute atomic E-state index is 0.590. The molecule has 3 aromatic rings. The molecule has 0 bridgehead atoms. The molecule has 0 spiro atoms. The summed E-state index contributed by atoms with van der Waals surface area (Å²) in [7, 11) is 0. The molecule has 4 rings (SSSR count). The molecule has 1 aliphatic heterocycles. The molecule has 0 N–H and O–H groups in total. The van der Waals surface area contributed by atoms with Crippen molar-refractivity contribution >= 4 is 39.8 Å². The first kappa shape index (κ1) is 15.8. The molecule has 1 saturated heterocycles. The van der Waals surface area contributed by atoms with Crippen LogP contribution in [0.15, 0.2) is 48.7 Å². The van der Waals surface area contributed by atoms with Crippen LogP contribution in [-0.4, -0.2) is 30.9 Å². The van der Waals surface area contributed by atoms with Gasteiger partial charge in [-0.2, -0.15) is 0 Å². The lowest BCUT2D eigenvalue weighted by molar-refractivity contribution is 0.123. The quantitative estimate of drug-likeness (QED) is 0.665. The molecule has 0 unspecified atom stereocenters. The first-order valence-electron chi connectivity index (χ1n) is 8.07. The van der Waals surface area contributed by atoms with Crippen molar-refractivity contribution in [1.29, 1.82) is 0 Å². The van der Waals surface area contributed by atoms with E-state index in [0.29, 0.717) is 10.0 Å². The predicted molar refractivity (Wildman–Crippen MR) is 101 cm³/mol. The number of aromatic nitrogens is 1. The number of benzene rings is 2. The number of fused-ring (bicyclic) bond motifs is 1. The highest BCUT2D eigenvalue weighted by molar-refractivity contribution is 6.42. The molecule has 1 aliphatic rings. The van der Waals surface area contributed by atoms with Gasteiger partial charge in [-0.3, -0.25) is 0 Å². The van der Waals surface area contributed by atoms with E-state index in [1.165, 1.54) is 16.6 Å². The lowest BCUT2D eigenvalue weighted by Crippen LogP contribution is -2.36. The van der Waals surface area contributed by atoms with Gasteiger partial charge in [0, 0.05) is 31.2 Å². The van der Waals surface area contributed by atoms with E-state index in [1.807, 2.05) is 18.2 Å². The molecule has 2 aromatic carbocycles. The van der Waals surface area contributed by atoms with Crippen molar-refractivity contribution in [3.8, 4) is 0 Å². The number of anilines is 1. The summed E-state index contributed by atoms with van der Waals surface area (Å²) in [6.07, 6.45) is 2.23. The number of nitrogens with zero attached hydrogens (tertiary/aromatic N) is 2. The van der Waals surface area contributed by atoms with Crippen molar-refractivity contribution < 1.29 is 4.74 Å². The van der Waals surface area contributed by atoms with Crippen LogP contribution in [0.3, 0.4) is 0 Å². The number of morpholine rings is 1.